The first-order valence-electron chi connectivity index (χ1n) is 12.1. The molecule has 0 radical (unpaired) electrons. The van der Waals surface area contributed by atoms with E-state index in [1.54, 1.807) is 12.2 Å². The number of benzene rings is 1. The Bertz CT molecular complexity index is 818. The lowest BCUT2D eigenvalue weighted by molar-refractivity contribution is -0.150. The van der Waals surface area contributed by atoms with Crippen molar-refractivity contribution in [2.45, 2.75) is 69.4 Å². The number of unbranched alkanes of at least 4 members (excludes halogenated alkanes) is 1. The Hall–Kier alpha value is -2.93. The predicted octanol–water partition coefficient (Wildman–Crippen LogP) is 3.75. The van der Waals surface area contributed by atoms with Crippen molar-refractivity contribution in [1.29, 1.82) is 0 Å². The second-order valence-corrected chi connectivity index (χ2v) is 8.93. The van der Waals surface area contributed by atoms with E-state index in [2.05, 4.69) is 23.8 Å². The number of aliphatic hydroxyl groups is 1. The molecule has 0 saturated heterocycles. The second-order valence-electron chi connectivity index (χ2n) is 8.93. The van der Waals surface area contributed by atoms with Crippen molar-refractivity contribution < 1.29 is 24.2 Å². The van der Waals surface area contributed by atoms with Crippen LogP contribution in [0.4, 0.5) is 0 Å². The molecule has 3 N–H and O–H groups in total. The molecule has 7 nitrogen and oxygen atoms in total. The Kier molecular flexibility index (Phi) is 11.5. The van der Waals surface area contributed by atoms with Crippen molar-refractivity contribution in [3.05, 3.63) is 61.2 Å². The predicted molar refractivity (Wildman–Crippen MR) is 132 cm³/mol. The Balaban J connectivity index is 1.98. The van der Waals surface area contributed by atoms with Gasteiger partial charge in [0.05, 0.1) is 24.6 Å². The van der Waals surface area contributed by atoms with Crippen LogP contribution in [0.3, 0.4) is 0 Å². The molecule has 2 amide bonds. The first-order valence-corrected chi connectivity index (χ1v) is 12.1. The van der Waals surface area contributed by atoms with Crippen molar-refractivity contribution in [2.75, 3.05) is 13.2 Å². The van der Waals surface area contributed by atoms with E-state index in [1.165, 1.54) is 0 Å². The number of carbonyl (C=O) groups excluding carboxylic acids is 3. The monoisotopic (exact) mass is 470 g/mol. The smallest absolute Gasteiger partial charge is 0.306 e. The molecule has 0 spiro atoms. The number of hydrogen-bond donors (Lipinski definition) is 3. The third-order valence-corrected chi connectivity index (χ3v) is 6.22. The zero-order valence-electron chi connectivity index (χ0n) is 20.0. The zero-order valence-corrected chi connectivity index (χ0v) is 20.0. The van der Waals surface area contributed by atoms with E-state index < -0.39 is 17.6 Å². The van der Waals surface area contributed by atoms with E-state index in [9.17, 15) is 19.5 Å². The molecule has 34 heavy (non-hydrogen) atoms. The van der Waals surface area contributed by atoms with Gasteiger partial charge < -0.3 is 20.5 Å². The summed E-state index contributed by atoms with van der Waals surface area (Å²) in [6.45, 7) is 7.37. The number of nitrogens with one attached hydrogen (secondary N) is 2. The molecule has 0 aliphatic heterocycles. The van der Waals surface area contributed by atoms with Gasteiger partial charge in [-0.05, 0) is 37.7 Å². The third-order valence-electron chi connectivity index (χ3n) is 6.22. The molecule has 1 aliphatic rings. The quantitative estimate of drug-likeness (QED) is 0.206. The molecule has 2 atom stereocenters. The van der Waals surface area contributed by atoms with Crippen LogP contribution in [-0.2, 0) is 19.1 Å². The van der Waals surface area contributed by atoms with Gasteiger partial charge in [-0.2, -0.15) is 0 Å². The maximum absolute atomic E-state index is 12.9. The molecular formula is C27H38N2O5. The van der Waals surface area contributed by atoms with Crippen LogP contribution in [0.1, 0.15) is 69.5 Å². The van der Waals surface area contributed by atoms with Crippen LogP contribution >= 0.6 is 0 Å². The number of amides is 2. The Labute approximate surface area is 202 Å². The molecule has 0 aromatic heterocycles. The fraction of sp³-hybridized carbons (Fsp3) is 0.519. The highest BCUT2D eigenvalue weighted by atomic mass is 16.5. The zero-order chi connectivity index (χ0) is 24.8. The summed E-state index contributed by atoms with van der Waals surface area (Å²) in [5, 5.41) is 15.5. The summed E-state index contributed by atoms with van der Waals surface area (Å²) in [6, 6.07) is 9.26. The van der Waals surface area contributed by atoms with Gasteiger partial charge in [-0.15, -0.1) is 13.2 Å². The van der Waals surface area contributed by atoms with Gasteiger partial charge in [0, 0.05) is 12.8 Å². The molecule has 1 aromatic carbocycles. The van der Waals surface area contributed by atoms with Crippen molar-refractivity contribution in [3.63, 3.8) is 0 Å². The summed E-state index contributed by atoms with van der Waals surface area (Å²) in [5.74, 6) is -1.50. The largest absolute Gasteiger partial charge is 0.456 e. The summed E-state index contributed by atoms with van der Waals surface area (Å²) < 4.78 is 5.66. The Morgan fingerprint density at radius 2 is 1.82 bits per heavy atom. The summed E-state index contributed by atoms with van der Waals surface area (Å²) >= 11 is 0. The normalized spacial score (nSPS) is 16.1. The average Bonchev–Trinajstić information content (AvgIpc) is 3.30. The highest BCUT2D eigenvalue weighted by Gasteiger charge is 2.35. The van der Waals surface area contributed by atoms with Crippen LogP contribution in [0.25, 0.3) is 0 Å². The van der Waals surface area contributed by atoms with Gasteiger partial charge in [0.2, 0.25) is 11.8 Å². The highest BCUT2D eigenvalue weighted by Crippen LogP contribution is 2.29. The third kappa shape index (κ3) is 8.78. The van der Waals surface area contributed by atoms with E-state index in [-0.39, 0.29) is 43.8 Å². The van der Waals surface area contributed by atoms with Gasteiger partial charge in [0.25, 0.3) is 0 Å². The van der Waals surface area contributed by atoms with E-state index in [0.717, 1.165) is 37.7 Å². The summed E-state index contributed by atoms with van der Waals surface area (Å²) in [6.07, 6.45) is 8.14. The molecule has 186 valence electrons. The molecule has 2 rings (SSSR count). The molecule has 7 heteroatoms. The second kappa shape index (κ2) is 14.4. The van der Waals surface area contributed by atoms with Crippen molar-refractivity contribution in [3.8, 4) is 0 Å². The molecule has 1 aliphatic carbocycles. The maximum atomic E-state index is 12.9. The van der Waals surface area contributed by atoms with Crippen molar-refractivity contribution in [2.24, 2.45) is 5.92 Å². The lowest BCUT2D eigenvalue weighted by Crippen LogP contribution is -2.50. The lowest BCUT2D eigenvalue weighted by atomic mass is 9.95. The fourth-order valence-corrected chi connectivity index (χ4v) is 4.27. The number of allylic oxidation sites excluding steroid dienone is 2. The SMILES string of the molecule is C=CCCCC(=O)OC(CNC(=O)C(CC=C)CC(=O)NC1(CO)CCCC1)c1ccccc1. The van der Waals surface area contributed by atoms with Gasteiger partial charge in [-0.1, -0.05) is 55.3 Å². The molecule has 2 unspecified atom stereocenters. The molecule has 1 fully saturated rings. The summed E-state index contributed by atoms with van der Waals surface area (Å²) in [7, 11) is 0. The topological polar surface area (TPSA) is 105 Å². The molecule has 0 bridgehead atoms. The number of ether oxygens (including phenoxy) is 1. The number of carbonyl (C=O) groups is 3. The van der Waals surface area contributed by atoms with Crippen LogP contribution in [0, 0.1) is 5.92 Å². The number of hydrogen-bond acceptors (Lipinski definition) is 5. The van der Waals surface area contributed by atoms with Crippen LogP contribution in [0.5, 0.6) is 0 Å². The van der Waals surface area contributed by atoms with Gasteiger partial charge >= 0.3 is 5.97 Å². The minimum Gasteiger partial charge on any atom is -0.456 e. The van der Waals surface area contributed by atoms with Crippen LogP contribution in [0.15, 0.2) is 55.6 Å². The van der Waals surface area contributed by atoms with Crippen LogP contribution in [-0.4, -0.2) is 41.6 Å². The van der Waals surface area contributed by atoms with Crippen molar-refractivity contribution >= 4 is 17.8 Å². The van der Waals surface area contributed by atoms with E-state index in [4.69, 9.17) is 4.74 Å². The molecule has 1 aromatic rings. The van der Waals surface area contributed by atoms with Crippen LogP contribution < -0.4 is 10.6 Å². The highest BCUT2D eigenvalue weighted by molar-refractivity contribution is 5.86. The van der Waals surface area contributed by atoms with Gasteiger partial charge in [-0.3, -0.25) is 14.4 Å². The summed E-state index contributed by atoms with van der Waals surface area (Å²) in [4.78, 5) is 37.9. The first kappa shape index (κ1) is 27.3. The van der Waals surface area contributed by atoms with Gasteiger partial charge in [0.1, 0.15) is 6.10 Å². The number of esters is 1. The van der Waals surface area contributed by atoms with Crippen LogP contribution in [0.2, 0.25) is 0 Å². The first-order chi connectivity index (χ1) is 16.4. The minimum atomic E-state index is -0.629. The molecule has 0 heterocycles. The van der Waals surface area contributed by atoms with E-state index >= 15 is 0 Å². The van der Waals surface area contributed by atoms with Gasteiger partial charge in [0.15, 0.2) is 0 Å². The Morgan fingerprint density at radius 3 is 2.44 bits per heavy atom. The standard InChI is InChI=1S/C27H38N2O5/c1-3-5-7-15-25(32)34-23(21-13-8-6-9-14-21)19-28-26(33)22(12-4-2)18-24(31)29-27(20-30)16-10-11-17-27/h3-4,6,8-9,13-14,22-23,30H,1-2,5,7,10-12,15-20H2,(H,28,33)(H,29,31). The fourth-order valence-electron chi connectivity index (χ4n) is 4.27. The summed E-state index contributed by atoms with van der Waals surface area (Å²) in [5.41, 5.74) is 0.203. The van der Waals surface area contributed by atoms with E-state index in [0.29, 0.717) is 12.8 Å². The number of rotatable bonds is 15. The molecule has 1 saturated carbocycles. The Morgan fingerprint density at radius 1 is 1.12 bits per heavy atom. The maximum Gasteiger partial charge on any atom is 0.306 e. The van der Waals surface area contributed by atoms with Crippen molar-refractivity contribution in [1.82, 2.24) is 10.6 Å². The minimum absolute atomic E-state index is 0.00303. The number of aliphatic hydroxyl groups excluding tert-OH is 1. The van der Waals surface area contributed by atoms with Gasteiger partial charge in [-0.25, -0.2) is 0 Å². The molecular weight excluding hydrogens is 432 g/mol. The lowest BCUT2D eigenvalue weighted by Gasteiger charge is -2.29. The van der Waals surface area contributed by atoms with E-state index in [1.807, 2.05) is 30.3 Å². The average molecular weight is 471 g/mol.